The second-order valence-corrected chi connectivity index (χ2v) is 5.32. The molecular formula is C15H22N2O3. The van der Waals surface area contributed by atoms with Gasteiger partial charge in [-0.25, -0.2) is 0 Å². The Balaban J connectivity index is 2.66. The molecule has 0 spiro atoms. The van der Waals surface area contributed by atoms with Gasteiger partial charge in [-0.15, -0.1) is 0 Å². The molecule has 0 saturated heterocycles. The van der Waals surface area contributed by atoms with E-state index < -0.39 is 17.9 Å². The normalized spacial score (nSPS) is 13.8. The lowest BCUT2D eigenvalue weighted by Gasteiger charge is -2.18. The van der Waals surface area contributed by atoms with Gasteiger partial charge < -0.3 is 15.3 Å². The van der Waals surface area contributed by atoms with Crippen molar-refractivity contribution in [3.8, 4) is 0 Å². The number of rotatable bonds is 6. The minimum absolute atomic E-state index is 0.248. The van der Waals surface area contributed by atoms with Crippen molar-refractivity contribution in [3.05, 3.63) is 35.4 Å². The van der Waals surface area contributed by atoms with E-state index in [1.807, 2.05) is 31.1 Å². The second-order valence-electron chi connectivity index (χ2n) is 5.32. The molecule has 0 heterocycles. The first-order valence-electron chi connectivity index (χ1n) is 6.58. The molecule has 20 heavy (non-hydrogen) atoms. The minimum atomic E-state index is -0.917. The molecule has 110 valence electrons. The number of hydrogen-bond acceptors (Lipinski definition) is 3. The molecule has 0 aliphatic heterocycles. The average molecular weight is 278 g/mol. The zero-order chi connectivity index (χ0) is 15.3. The maximum Gasteiger partial charge on any atom is 0.308 e. The molecule has 0 aliphatic rings. The molecule has 0 aromatic heterocycles. The van der Waals surface area contributed by atoms with Crippen LogP contribution in [0.25, 0.3) is 0 Å². The summed E-state index contributed by atoms with van der Waals surface area (Å²) in [5.41, 5.74) is 1.66. The van der Waals surface area contributed by atoms with Gasteiger partial charge in [-0.2, -0.15) is 0 Å². The summed E-state index contributed by atoms with van der Waals surface area (Å²) in [6, 6.07) is 6.90. The largest absolute Gasteiger partial charge is 0.481 e. The summed E-state index contributed by atoms with van der Waals surface area (Å²) in [6.07, 6.45) is 0. The Labute approximate surface area is 119 Å². The molecule has 1 aromatic rings. The van der Waals surface area contributed by atoms with Gasteiger partial charge in [0.25, 0.3) is 5.91 Å². The summed E-state index contributed by atoms with van der Waals surface area (Å²) in [4.78, 5) is 24.9. The molecule has 5 heteroatoms. The van der Waals surface area contributed by atoms with E-state index in [0.717, 1.165) is 12.1 Å². The van der Waals surface area contributed by atoms with Gasteiger partial charge in [0.15, 0.2) is 0 Å². The molecule has 0 aliphatic carbocycles. The number of carbonyl (C=O) groups is 2. The van der Waals surface area contributed by atoms with Crippen LogP contribution < -0.4 is 5.32 Å². The summed E-state index contributed by atoms with van der Waals surface area (Å²) in [7, 11) is 3.96. The number of carboxylic acid groups (broad SMARTS) is 1. The Morgan fingerprint density at radius 2 is 1.75 bits per heavy atom. The first kappa shape index (κ1) is 16.2. The van der Waals surface area contributed by atoms with E-state index in [1.165, 1.54) is 0 Å². The monoisotopic (exact) mass is 278 g/mol. The van der Waals surface area contributed by atoms with Gasteiger partial charge in [-0.3, -0.25) is 9.59 Å². The zero-order valence-electron chi connectivity index (χ0n) is 12.4. The minimum Gasteiger partial charge on any atom is -0.481 e. The average Bonchev–Trinajstić information content (AvgIpc) is 2.37. The highest BCUT2D eigenvalue weighted by atomic mass is 16.4. The van der Waals surface area contributed by atoms with Gasteiger partial charge >= 0.3 is 5.97 Å². The van der Waals surface area contributed by atoms with E-state index in [0.29, 0.717) is 5.56 Å². The van der Waals surface area contributed by atoms with Crippen LogP contribution in [0.1, 0.15) is 29.8 Å². The standard InChI is InChI=1S/C15H22N2O3/c1-10(15(19)20)11(2)16-14(18)13-7-5-12(6-8-13)9-17(3)4/h5-8,10-11H,9H2,1-4H3,(H,16,18)(H,19,20). The topological polar surface area (TPSA) is 69.6 Å². The SMILES string of the molecule is CC(NC(=O)c1ccc(CN(C)C)cc1)C(C)C(=O)O. The van der Waals surface area contributed by atoms with Gasteiger partial charge in [-0.05, 0) is 45.6 Å². The number of hydrogen-bond donors (Lipinski definition) is 2. The highest BCUT2D eigenvalue weighted by Gasteiger charge is 2.21. The Hall–Kier alpha value is -1.88. The molecule has 0 saturated carbocycles. The van der Waals surface area contributed by atoms with Crippen LogP contribution >= 0.6 is 0 Å². The predicted octanol–water partition coefficient (Wildman–Crippen LogP) is 1.59. The molecule has 2 unspecified atom stereocenters. The lowest BCUT2D eigenvalue weighted by molar-refractivity contribution is -0.141. The third-order valence-electron chi connectivity index (χ3n) is 3.21. The van der Waals surface area contributed by atoms with Crippen molar-refractivity contribution in [2.24, 2.45) is 5.92 Å². The second kappa shape index (κ2) is 7.05. The number of carboxylic acids is 1. The zero-order valence-corrected chi connectivity index (χ0v) is 12.4. The highest BCUT2D eigenvalue weighted by molar-refractivity contribution is 5.94. The summed E-state index contributed by atoms with van der Waals surface area (Å²) in [5, 5.41) is 11.6. The Bertz CT molecular complexity index is 469. The lowest BCUT2D eigenvalue weighted by Crippen LogP contribution is -2.40. The van der Waals surface area contributed by atoms with Crippen molar-refractivity contribution >= 4 is 11.9 Å². The number of nitrogens with one attached hydrogen (secondary N) is 1. The quantitative estimate of drug-likeness (QED) is 0.829. The van der Waals surface area contributed by atoms with Crippen LogP contribution in [0, 0.1) is 5.92 Å². The molecule has 5 nitrogen and oxygen atoms in total. The fraction of sp³-hybridized carbons (Fsp3) is 0.467. The Kier molecular flexibility index (Phi) is 5.70. The lowest BCUT2D eigenvalue weighted by atomic mass is 10.0. The van der Waals surface area contributed by atoms with E-state index in [4.69, 9.17) is 5.11 Å². The fourth-order valence-electron chi connectivity index (χ4n) is 1.76. The van der Waals surface area contributed by atoms with Crippen LogP contribution in [-0.2, 0) is 11.3 Å². The van der Waals surface area contributed by atoms with Crippen LogP contribution in [0.15, 0.2) is 24.3 Å². The Morgan fingerprint density at radius 3 is 2.20 bits per heavy atom. The molecule has 1 amide bonds. The van der Waals surface area contributed by atoms with E-state index >= 15 is 0 Å². The van der Waals surface area contributed by atoms with Crippen molar-refractivity contribution in [1.29, 1.82) is 0 Å². The molecule has 1 rings (SSSR count). The number of benzene rings is 1. The smallest absolute Gasteiger partial charge is 0.308 e. The molecule has 1 aromatic carbocycles. The number of nitrogens with zero attached hydrogens (tertiary/aromatic N) is 1. The molecule has 2 N–H and O–H groups in total. The van der Waals surface area contributed by atoms with Gasteiger partial charge in [0.1, 0.15) is 0 Å². The van der Waals surface area contributed by atoms with Gasteiger partial charge in [0, 0.05) is 18.2 Å². The van der Waals surface area contributed by atoms with Crippen LogP contribution in [0.5, 0.6) is 0 Å². The highest BCUT2D eigenvalue weighted by Crippen LogP contribution is 2.08. The van der Waals surface area contributed by atoms with Crippen molar-refractivity contribution in [3.63, 3.8) is 0 Å². The molecule has 0 radical (unpaired) electrons. The molecule has 0 bridgehead atoms. The fourth-order valence-corrected chi connectivity index (χ4v) is 1.76. The van der Waals surface area contributed by atoms with E-state index in [2.05, 4.69) is 5.32 Å². The first-order chi connectivity index (χ1) is 9.31. The molecule has 2 atom stereocenters. The molecular weight excluding hydrogens is 256 g/mol. The third-order valence-corrected chi connectivity index (χ3v) is 3.21. The van der Waals surface area contributed by atoms with Crippen molar-refractivity contribution in [2.45, 2.75) is 26.4 Å². The summed E-state index contributed by atoms with van der Waals surface area (Å²) in [6.45, 7) is 4.08. The van der Waals surface area contributed by atoms with E-state index in [-0.39, 0.29) is 5.91 Å². The van der Waals surface area contributed by atoms with Crippen LogP contribution in [0.3, 0.4) is 0 Å². The van der Waals surface area contributed by atoms with Crippen molar-refractivity contribution < 1.29 is 14.7 Å². The van der Waals surface area contributed by atoms with Crippen molar-refractivity contribution in [1.82, 2.24) is 10.2 Å². The van der Waals surface area contributed by atoms with Gasteiger partial charge in [0.2, 0.25) is 0 Å². The van der Waals surface area contributed by atoms with Crippen molar-refractivity contribution in [2.75, 3.05) is 14.1 Å². The van der Waals surface area contributed by atoms with E-state index in [1.54, 1.807) is 26.0 Å². The maximum atomic E-state index is 12.0. The number of carbonyl (C=O) groups excluding carboxylic acids is 1. The van der Waals surface area contributed by atoms with Crippen LogP contribution in [0.4, 0.5) is 0 Å². The van der Waals surface area contributed by atoms with Gasteiger partial charge in [0.05, 0.1) is 5.92 Å². The molecule has 0 fully saturated rings. The maximum absolute atomic E-state index is 12.0. The first-order valence-corrected chi connectivity index (χ1v) is 6.58. The summed E-state index contributed by atoms with van der Waals surface area (Å²) < 4.78 is 0. The number of aliphatic carboxylic acids is 1. The number of amides is 1. The van der Waals surface area contributed by atoms with Crippen LogP contribution in [-0.4, -0.2) is 42.0 Å². The Morgan fingerprint density at radius 1 is 1.20 bits per heavy atom. The summed E-state index contributed by atoms with van der Waals surface area (Å²) >= 11 is 0. The predicted molar refractivity (Wildman–Crippen MR) is 77.6 cm³/mol. The van der Waals surface area contributed by atoms with E-state index in [9.17, 15) is 9.59 Å². The third kappa shape index (κ3) is 4.66. The van der Waals surface area contributed by atoms with Crippen LogP contribution in [0.2, 0.25) is 0 Å². The summed E-state index contributed by atoms with van der Waals surface area (Å²) in [5.74, 6) is -1.78. The van der Waals surface area contributed by atoms with Gasteiger partial charge in [-0.1, -0.05) is 12.1 Å².